The van der Waals surface area contributed by atoms with Gasteiger partial charge < -0.3 is 5.32 Å². The molecular weight excluding hydrogens is 410 g/mol. The van der Waals surface area contributed by atoms with Gasteiger partial charge in [-0.25, -0.2) is 9.07 Å². The van der Waals surface area contributed by atoms with Gasteiger partial charge in [-0.3, -0.25) is 4.79 Å². The summed E-state index contributed by atoms with van der Waals surface area (Å²) in [5, 5.41) is 7.00. The van der Waals surface area contributed by atoms with E-state index >= 15 is 0 Å². The van der Waals surface area contributed by atoms with Crippen LogP contribution in [-0.2, 0) is 12.6 Å². The highest BCUT2D eigenvalue weighted by atomic mass is 35.5. The van der Waals surface area contributed by atoms with E-state index < -0.39 is 23.5 Å². The van der Waals surface area contributed by atoms with Gasteiger partial charge in [0.15, 0.2) is 0 Å². The van der Waals surface area contributed by atoms with Crippen molar-refractivity contribution in [2.45, 2.75) is 19.5 Å². The molecule has 2 aromatic carbocycles. The molecule has 1 amide bonds. The second-order valence-corrected chi connectivity index (χ2v) is 6.70. The molecule has 0 radical (unpaired) electrons. The third kappa shape index (κ3) is 4.76. The van der Waals surface area contributed by atoms with Gasteiger partial charge in [0.1, 0.15) is 11.0 Å². The van der Waals surface area contributed by atoms with E-state index in [9.17, 15) is 22.4 Å². The van der Waals surface area contributed by atoms with Crippen LogP contribution in [0.5, 0.6) is 0 Å². The molecule has 0 aliphatic heterocycles. The maximum Gasteiger partial charge on any atom is 0.416 e. The Hall–Kier alpha value is -2.87. The van der Waals surface area contributed by atoms with Crippen LogP contribution in [0.2, 0.25) is 5.15 Å². The van der Waals surface area contributed by atoms with Crippen molar-refractivity contribution in [3.63, 3.8) is 0 Å². The van der Waals surface area contributed by atoms with Crippen molar-refractivity contribution < 1.29 is 22.4 Å². The zero-order chi connectivity index (χ0) is 21.2. The highest BCUT2D eigenvalue weighted by Gasteiger charge is 2.29. The van der Waals surface area contributed by atoms with Gasteiger partial charge in [0.25, 0.3) is 5.91 Å². The molecule has 3 aromatic rings. The van der Waals surface area contributed by atoms with E-state index in [-0.39, 0.29) is 17.3 Å². The van der Waals surface area contributed by atoms with Gasteiger partial charge in [-0.2, -0.15) is 18.3 Å². The molecule has 0 fully saturated rings. The standard InChI is InChI=1S/C20H16ClF4N3O/c1-12-17(18(21)28(27-12)16-8-6-15(22)7-9-16)19(29)26-11-10-13-2-4-14(5-3-13)20(23,24)25/h2-9H,10-11H2,1H3,(H,26,29). The summed E-state index contributed by atoms with van der Waals surface area (Å²) in [4.78, 5) is 12.5. The smallest absolute Gasteiger partial charge is 0.352 e. The Labute approximate surface area is 169 Å². The Morgan fingerprint density at radius 1 is 1.10 bits per heavy atom. The minimum absolute atomic E-state index is 0.0844. The predicted octanol–water partition coefficient (Wildman–Crippen LogP) is 4.96. The lowest BCUT2D eigenvalue weighted by Crippen LogP contribution is -2.26. The van der Waals surface area contributed by atoms with E-state index in [1.165, 1.54) is 41.1 Å². The number of halogens is 5. The molecule has 3 rings (SSSR count). The SMILES string of the molecule is Cc1nn(-c2ccc(F)cc2)c(Cl)c1C(=O)NCCc1ccc(C(F)(F)F)cc1. The van der Waals surface area contributed by atoms with E-state index in [1.807, 2.05) is 0 Å². The Kier molecular flexibility index (Phi) is 5.93. The second kappa shape index (κ2) is 8.24. The fourth-order valence-electron chi connectivity index (χ4n) is 2.78. The molecule has 1 heterocycles. The van der Waals surface area contributed by atoms with Crippen molar-refractivity contribution in [1.82, 2.24) is 15.1 Å². The molecule has 0 atom stereocenters. The van der Waals surface area contributed by atoms with Crippen LogP contribution in [0.15, 0.2) is 48.5 Å². The van der Waals surface area contributed by atoms with E-state index in [0.29, 0.717) is 23.4 Å². The number of nitrogens with zero attached hydrogens (tertiary/aromatic N) is 2. The molecule has 1 aromatic heterocycles. The van der Waals surface area contributed by atoms with Crippen LogP contribution in [0, 0.1) is 12.7 Å². The average molecular weight is 426 g/mol. The Balaban J connectivity index is 1.66. The number of carbonyl (C=O) groups is 1. The number of aromatic nitrogens is 2. The molecule has 0 saturated heterocycles. The molecule has 0 aliphatic carbocycles. The molecule has 0 spiro atoms. The fourth-order valence-corrected chi connectivity index (χ4v) is 3.14. The number of amides is 1. The minimum atomic E-state index is -4.38. The first-order chi connectivity index (χ1) is 13.7. The number of nitrogens with one attached hydrogen (secondary N) is 1. The van der Waals surface area contributed by atoms with Crippen LogP contribution in [0.1, 0.15) is 27.2 Å². The lowest BCUT2D eigenvalue weighted by molar-refractivity contribution is -0.137. The minimum Gasteiger partial charge on any atom is -0.352 e. The maximum absolute atomic E-state index is 13.1. The van der Waals surface area contributed by atoms with Crippen molar-refractivity contribution in [2.75, 3.05) is 6.54 Å². The van der Waals surface area contributed by atoms with E-state index in [2.05, 4.69) is 10.4 Å². The van der Waals surface area contributed by atoms with E-state index in [1.54, 1.807) is 6.92 Å². The lowest BCUT2D eigenvalue weighted by atomic mass is 10.1. The van der Waals surface area contributed by atoms with Gasteiger partial charge in [0.2, 0.25) is 0 Å². The van der Waals surface area contributed by atoms with Crippen LogP contribution in [0.3, 0.4) is 0 Å². The first-order valence-corrected chi connectivity index (χ1v) is 9.00. The van der Waals surface area contributed by atoms with Gasteiger partial charge in [-0.05, 0) is 55.3 Å². The van der Waals surface area contributed by atoms with Crippen LogP contribution in [-0.4, -0.2) is 22.2 Å². The Bertz CT molecular complexity index is 1010. The normalized spacial score (nSPS) is 11.5. The lowest BCUT2D eigenvalue weighted by Gasteiger charge is -2.08. The van der Waals surface area contributed by atoms with Crippen molar-refractivity contribution in [3.8, 4) is 5.69 Å². The predicted molar refractivity (Wildman–Crippen MR) is 101 cm³/mol. The highest BCUT2D eigenvalue weighted by molar-refractivity contribution is 6.33. The summed E-state index contributed by atoms with van der Waals surface area (Å²) < 4.78 is 52.2. The first kappa shape index (κ1) is 20.9. The van der Waals surface area contributed by atoms with Gasteiger partial charge >= 0.3 is 6.18 Å². The third-order valence-corrected chi connectivity index (χ3v) is 4.63. The van der Waals surface area contributed by atoms with E-state index in [4.69, 9.17) is 11.6 Å². The highest BCUT2D eigenvalue weighted by Crippen LogP contribution is 2.29. The molecule has 0 bridgehead atoms. The van der Waals surface area contributed by atoms with Crippen LogP contribution < -0.4 is 5.32 Å². The molecule has 0 unspecified atom stereocenters. The quantitative estimate of drug-likeness (QED) is 0.587. The topological polar surface area (TPSA) is 46.9 Å². The van der Waals surface area contributed by atoms with Crippen molar-refractivity contribution in [1.29, 1.82) is 0 Å². The van der Waals surface area contributed by atoms with E-state index in [0.717, 1.165) is 12.1 Å². The Morgan fingerprint density at radius 2 is 1.72 bits per heavy atom. The van der Waals surface area contributed by atoms with Gasteiger partial charge in [-0.15, -0.1) is 0 Å². The van der Waals surface area contributed by atoms with Crippen molar-refractivity contribution >= 4 is 17.5 Å². The molecule has 152 valence electrons. The Morgan fingerprint density at radius 3 is 2.31 bits per heavy atom. The summed E-state index contributed by atoms with van der Waals surface area (Å²) in [5.41, 5.74) is 1.02. The average Bonchev–Trinajstić information content (AvgIpc) is 2.96. The monoisotopic (exact) mass is 425 g/mol. The van der Waals surface area contributed by atoms with Gasteiger partial charge in [-0.1, -0.05) is 23.7 Å². The summed E-state index contributed by atoms with van der Waals surface area (Å²) in [6.45, 7) is 1.83. The number of benzene rings is 2. The van der Waals surface area contributed by atoms with Crippen molar-refractivity contribution in [3.05, 3.63) is 81.9 Å². The summed E-state index contributed by atoms with van der Waals surface area (Å²) in [5.74, 6) is -0.859. The van der Waals surface area contributed by atoms with Gasteiger partial charge in [0.05, 0.1) is 22.5 Å². The number of alkyl halides is 3. The van der Waals surface area contributed by atoms with Crippen molar-refractivity contribution in [2.24, 2.45) is 0 Å². The molecule has 29 heavy (non-hydrogen) atoms. The molecule has 0 saturated carbocycles. The van der Waals surface area contributed by atoms with Crippen LogP contribution in [0.4, 0.5) is 17.6 Å². The number of carbonyl (C=O) groups excluding carboxylic acids is 1. The summed E-state index contributed by atoms with van der Waals surface area (Å²) in [6.07, 6.45) is -4.03. The molecule has 4 nitrogen and oxygen atoms in total. The summed E-state index contributed by atoms with van der Waals surface area (Å²) in [7, 11) is 0. The fraction of sp³-hybridized carbons (Fsp3) is 0.200. The third-order valence-electron chi connectivity index (χ3n) is 4.28. The molecule has 0 aliphatic rings. The maximum atomic E-state index is 13.1. The first-order valence-electron chi connectivity index (χ1n) is 8.62. The number of hydrogen-bond acceptors (Lipinski definition) is 2. The molecule has 1 N–H and O–H groups in total. The summed E-state index contributed by atoms with van der Waals surface area (Å²) in [6, 6.07) is 10.2. The molecule has 9 heteroatoms. The second-order valence-electron chi connectivity index (χ2n) is 6.34. The number of hydrogen-bond donors (Lipinski definition) is 1. The van der Waals surface area contributed by atoms with Crippen LogP contribution >= 0.6 is 11.6 Å². The number of aryl methyl sites for hydroxylation is 1. The zero-order valence-corrected chi connectivity index (χ0v) is 16.0. The number of rotatable bonds is 5. The molecular formula is C20H16ClF4N3O. The van der Waals surface area contributed by atoms with Gasteiger partial charge in [0, 0.05) is 6.54 Å². The summed E-state index contributed by atoms with van der Waals surface area (Å²) >= 11 is 6.29. The van der Waals surface area contributed by atoms with Crippen LogP contribution in [0.25, 0.3) is 5.69 Å². The zero-order valence-electron chi connectivity index (χ0n) is 15.2. The largest absolute Gasteiger partial charge is 0.416 e.